The fourth-order valence-electron chi connectivity index (χ4n) is 3.63. The number of carboxylic acid groups (broad SMARTS) is 1. The summed E-state index contributed by atoms with van der Waals surface area (Å²) in [6, 6.07) is 0.535. The average Bonchev–Trinajstić information content (AvgIpc) is 2.40. The molecule has 0 atom stereocenters. The Labute approximate surface area is 121 Å². The van der Waals surface area contributed by atoms with Crippen molar-refractivity contribution in [3.63, 3.8) is 0 Å². The molecule has 2 fully saturated rings. The number of hydrogen-bond donors (Lipinski definition) is 2. The molecule has 5 nitrogen and oxygen atoms in total. The minimum atomic E-state index is -0.966. The third-order valence-corrected chi connectivity index (χ3v) is 4.83. The van der Waals surface area contributed by atoms with Gasteiger partial charge in [-0.2, -0.15) is 0 Å². The monoisotopic (exact) mass is 284 g/mol. The van der Waals surface area contributed by atoms with Gasteiger partial charge >= 0.3 is 5.97 Å². The van der Waals surface area contributed by atoms with Gasteiger partial charge in [-0.05, 0) is 38.6 Å². The first-order valence-corrected chi connectivity index (χ1v) is 7.93. The second-order valence-corrected chi connectivity index (χ2v) is 6.40. The van der Waals surface area contributed by atoms with Crippen LogP contribution < -0.4 is 0 Å². The Morgan fingerprint density at radius 1 is 1.20 bits per heavy atom. The van der Waals surface area contributed by atoms with Crippen LogP contribution in [0.4, 0.5) is 0 Å². The van der Waals surface area contributed by atoms with Crippen LogP contribution in [0.2, 0.25) is 0 Å². The van der Waals surface area contributed by atoms with Gasteiger partial charge in [-0.15, -0.1) is 0 Å². The largest absolute Gasteiger partial charge is 0.481 e. The van der Waals surface area contributed by atoms with E-state index in [-0.39, 0.29) is 6.42 Å². The van der Waals surface area contributed by atoms with Crippen molar-refractivity contribution in [2.45, 2.75) is 57.1 Å². The highest BCUT2D eigenvalue weighted by Gasteiger charge is 2.37. The quantitative estimate of drug-likeness (QED) is 0.793. The van der Waals surface area contributed by atoms with E-state index in [4.69, 9.17) is 5.11 Å². The Morgan fingerprint density at radius 2 is 1.80 bits per heavy atom. The van der Waals surface area contributed by atoms with Gasteiger partial charge in [-0.1, -0.05) is 6.92 Å². The normalized spacial score (nSPS) is 33.2. The molecule has 0 unspecified atom stereocenters. The summed E-state index contributed by atoms with van der Waals surface area (Å²) in [4.78, 5) is 15.8. The van der Waals surface area contributed by atoms with Crippen LogP contribution in [0.3, 0.4) is 0 Å². The SMILES string of the molecule is CCCN1CCN(C2CCC(O)(CC(=O)O)CC2)CC1. The molecular formula is C15H28N2O3. The molecule has 1 saturated heterocycles. The number of aliphatic hydroxyl groups is 1. The Balaban J connectivity index is 1.76. The minimum Gasteiger partial charge on any atom is -0.481 e. The maximum Gasteiger partial charge on any atom is 0.306 e. The van der Waals surface area contributed by atoms with E-state index in [1.165, 1.54) is 13.0 Å². The highest BCUT2D eigenvalue weighted by Crippen LogP contribution is 2.33. The fraction of sp³-hybridized carbons (Fsp3) is 0.933. The molecule has 0 amide bonds. The topological polar surface area (TPSA) is 64.0 Å². The van der Waals surface area contributed by atoms with E-state index in [1.54, 1.807) is 0 Å². The molecule has 1 aliphatic carbocycles. The molecule has 20 heavy (non-hydrogen) atoms. The summed E-state index contributed by atoms with van der Waals surface area (Å²) in [5.41, 5.74) is -0.966. The van der Waals surface area contributed by atoms with Crippen LogP contribution in [-0.4, -0.2) is 70.3 Å². The van der Waals surface area contributed by atoms with Crippen LogP contribution in [0.15, 0.2) is 0 Å². The Kier molecular flexibility index (Phi) is 5.41. The minimum absolute atomic E-state index is 0.107. The van der Waals surface area contributed by atoms with Crippen LogP contribution >= 0.6 is 0 Å². The average molecular weight is 284 g/mol. The summed E-state index contributed by atoms with van der Waals surface area (Å²) in [6.45, 7) is 7.92. The van der Waals surface area contributed by atoms with E-state index >= 15 is 0 Å². The van der Waals surface area contributed by atoms with E-state index in [2.05, 4.69) is 16.7 Å². The number of rotatable bonds is 5. The first-order chi connectivity index (χ1) is 9.52. The molecule has 0 aromatic heterocycles. The van der Waals surface area contributed by atoms with E-state index in [9.17, 15) is 9.90 Å². The number of nitrogens with zero attached hydrogens (tertiary/aromatic N) is 2. The second kappa shape index (κ2) is 6.87. The molecule has 0 aromatic rings. The first-order valence-electron chi connectivity index (χ1n) is 7.93. The number of carbonyl (C=O) groups is 1. The van der Waals surface area contributed by atoms with Gasteiger partial charge in [0.1, 0.15) is 0 Å². The summed E-state index contributed by atoms with van der Waals surface area (Å²) in [6.07, 6.45) is 4.21. The molecule has 1 aliphatic heterocycles. The van der Waals surface area contributed by atoms with Gasteiger partial charge in [-0.3, -0.25) is 9.69 Å². The third kappa shape index (κ3) is 4.17. The van der Waals surface area contributed by atoms with Gasteiger partial charge < -0.3 is 15.1 Å². The van der Waals surface area contributed by atoms with Gasteiger partial charge in [0.05, 0.1) is 12.0 Å². The summed E-state index contributed by atoms with van der Waals surface area (Å²) >= 11 is 0. The van der Waals surface area contributed by atoms with Gasteiger partial charge in [0.25, 0.3) is 0 Å². The number of piperazine rings is 1. The molecule has 2 aliphatic rings. The van der Waals surface area contributed by atoms with Crippen molar-refractivity contribution in [3.05, 3.63) is 0 Å². The lowest BCUT2D eigenvalue weighted by molar-refractivity contribution is -0.144. The van der Waals surface area contributed by atoms with E-state index in [1.807, 2.05) is 0 Å². The predicted octanol–water partition coefficient (Wildman–Crippen LogP) is 1.16. The number of hydrogen-bond acceptors (Lipinski definition) is 4. The van der Waals surface area contributed by atoms with Crippen molar-refractivity contribution in [2.75, 3.05) is 32.7 Å². The van der Waals surface area contributed by atoms with Crippen LogP contribution in [0.5, 0.6) is 0 Å². The lowest BCUT2D eigenvalue weighted by Gasteiger charge is -2.43. The van der Waals surface area contributed by atoms with Crippen molar-refractivity contribution in [1.29, 1.82) is 0 Å². The third-order valence-electron chi connectivity index (χ3n) is 4.83. The summed E-state index contributed by atoms with van der Waals surface area (Å²) < 4.78 is 0. The highest BCUT2D eigenvalue weighted by molar-refractivity contribution is 5.68. The second-order valence-electron chi connectivity index (χ2n) is 6.40. The molecule has 2 N–H and O–H groups in total. The Hall–Kier alpha value is -0.650. The van der Waals surface area contributed by atoms with Crippen molar-refractivity contribution < 1.29 is 15.0 Å². The summed E-state index contributed by atoms with van der Waals surface area (Å²) in [7, 11) is 0. The lowest BCUT2D eigenvalue weighted by Crippen LogP contribution is -2.52. The summed E-state index contributed by atoms with van der Waals surface area (Å²) in [5, 5.41) is 19.1. The summed E-state index contributed by atoms with van der Waals surface area (Å²) in [5.74, 6) is -0.890. The molecule has 0 bridgehead atoms. The van der Waals surface area contributed by atoms with Crippen molar-refractivity contribution in [2.24, 2.45) is 0 Å². The number of aliphatic carboxylic acids is 1. The van der Waals surface area contributed by atoms with Crippen LogP contribution in [0.1, 0.15) is 45.4 Å². The molecule has 1 heterocycles. The molecule has 5 heteroatoms. The van der Waals surface area contributed by atoms with Gasteiger partial charge in [-0.25, -0.2) is 0 Å². The smallest absolute Gasteiger partial charge is 0.306 e. The highest BCUT2D eigenvalue weighted by atomic mass is 16.4. The zero-order valence-corrected chi connectivity index (χ0v) is 12.6. The fourth-order valence-corrected chi connectivity index (χ4v) is 3.63. The van der Waals surface area contributed by atoms with Crippen molar-refractivity contribution in [1.82, 2.24) is 9.80 Å². The molecule has 116 valence electrons. The van der Waals surface area contributed by atoms with E-state index < -0.39 is 11.6 Å². The first kappa shape index (κ1) is 15.7. The molecule has 2 rings (SSSR count). The molecule has 1 saturated carbocycles. The zero-order valence-electron chi connectivity index (χ0n) is 12.6. The number of carboxylic acids is 1. The maximum absolute atomic E-state index is 10.8. The Morgan fingerprint density at radius 3 is 2.30 bits per heavy atom. The maximum atomic E-state index is 10.8. The molecule has 0 aromatic carbocycles. The van der Waals surface area contributed by atoms with Gasteiger partial charge in [0.15, 0.2) is 0 Å². The van der Waals surface area contributed by atoms with Crippen LogP contribution in [0.25, 0.3) is 0 Å². The molecular weight excluding hydrogens is 256 g/mol. The van der Waals surface area contributed by atoms with Gasteiger partial charge in [0, 0.05) is 32.2 Å². The predicted molar refractivity (Wildman–Crippen MR) is 77.8 cm³/mol. The molecule has 0 spiro atoms. The molecule has 0 radical (unpaired) electrons. The van der Waals surface area contributed by atoms with Gasteiger partial charge in [0.2, 0.25) is 0 Å². The zero-order chi connectivity index (χ0) is 14.6. The van der Waals surface area contributed by atoms with Crippen LogP contribution in [-0.2, 0) is 4.79 Å². The van der Waals surface area contributed by atoms with Crippen LogP contribution in [0, 0.1) is 0 Å². The lowest BCUT2D eigenvalue weighted by atomic mass is 9.79. The Bertz CT molecular complexity index is 319. The van der Waals surface area contributed by atoms with E-state index in [0.29, 0.717) is 18.9 Å². The van der Waals surface area contributed by atoms with Crippen molar-refractivity contribution in [3.8, 4) is 0 Å². The van der Waals surface area contributed by atoms with Crippen molar-refractivity contribution >= 4 is 5.97 Å². The van der Waals surface area contributed by atoms with E-state index in [0.717, 1.165) is 39.0 Å². The standard InChI is InChI=1S/C15H28N2O3/c1-2-7-16-8-10-17(11-9-16)13-3-5-15(20,6-4-13)12-14(18)19/h13,20H,2-12H2,1H3,(H,18,19).